The van der Waals surface area contributed by atoms with Crippen LogP contribution in [0.25, 0.3) is 0 Å². The van der Waals surface area contributed by atoms with Crippen LogP contribution in [0.4, 0.5) is 0 Å². The minimum atomic E-state index is -3.12. The highest BCUT2D eigenvalue weighted by Gasteiger charge is 2.12. The van der Waals surface area contributed by atoms with Crippen LogP contribution in [-0.2, 0) is 16.6 Å². The summed E-state index contributed by atoms with van der Waals surface area (Å²) in [6, 6.07) is 5.83. The van der Waals surface area contributed by atoms with E-state index in [0.29, 0.717) is 13.1 Å². The van der Waals surface area contributed by atoms with Crippen molar-refractivity contribution in [2.45, 2.75) is 13.5 Å². The molecule has 0 saturated carbocycles. The highest BCUT2D eigenvalue weighted by atomic mass is 35.5. The normalized spacial score (nSPS) is 12.1. The predicted octanol–water partition coefficient (Wildman–Crippen LogP) is 1.63. The van der Waals surface area contributed by atoms with Crippen LogP contribution in [0.15, 0.2) is 18.2 Å². The van der Waals surface area contributed by atoms with Crippen LogP contribution in [0.2, 0.25) is 5.02 Å². The first kappa shape index (κ1) is 15.4. The van der Waals surface area contributed by atoms with Gasteiger partial charge in [-0.1, -0.05) is 23.7 Å². The van der Waals surface area contributed by atoms with Crippen molar-refractivity contribution in [3.63, 3.8) is 0 Å². The molecule has 1 N–H and O–H groups in total. The quantitative estimate of drug-likeness (QED) is 0.810. The van der Waals surface area contributed by atoms with E-state index >= 15 is 0 Å². The smallest absolute Gasteiger partial charge is 0.214 e. The molecule has 18 heavy (non-hydrogen) atoms. The van der Waals surface area contributed by atoms with Crippen molar-refractivity contribution in [2.75, 3.05) is 26.4 Å². The van der Waals surface area contributed by atoms with Gasteiger partial charge >= 0.3 is 0 Å². The molecule has 0 heterocycles. The minimum Gasteiger partial charge on any atom is -0.312 e. The molecule has 1 rings (SSSR count). The zero-order valence-electron chi connectivity index (χ0n) is 10.9. The summed E-state index contributed by atoms with van der Waals surface area (Å²) in [6.07, 6.45) is 0. The largest absolute Gasteiger partial charge is 0.312 e. The van der Waals surface area contributed by atoms with E-state index in [1.54, 1.807) is 0 Å². The zero-order chi connectivity index (χ0) is 13.8. The van der Waals surface area contributed by atoms with Gasteiger partial charge in [-0.25, -0.2) is 12.7 Å². The van der Waals surface area contributed by atoms with Crippen LogP contribution >= 0.6 is 11.6 Å². The van der Waals surface area contributed by atoms with E-state index < -0.39 is 10.0 Å². The molecule has 6 heteroatoms. The second-order valence-electron chi connectivity index (χ2n) is 4.36. The molecular formula is C12H19ClN2O2S. The first-order chi connectivity index (χ1) is 8.33. The third-order valence-corrected chi connectivity index (χ3v) is 4.90. The zero-order valence-corrected chi connectivity index (χ0v) is 12.5. The molecule has 0 atom stereocenters. The summed E-state index contributed by atoms with van der Waals surface area (Å²) in [4.78, 5) is 0. The van der Waals surface area contributed by atoms with Crippen LogP contribution in [0.1, 0.15) is 11.1 Å². The maximum atomic E-state index is 11.5. The number of hydrogen-bond donors (Lipinski definition) is 1. The van der Waals surface area contributed by atoms with Crippen LogP contribution in [0.5, 0.6) is 0 Å². The lowest BCUT2D eigenvalue weighted by Crippen LogP contribution is -2.31. The monoisotopic (exact) mass is 290 g/mol. The molecule has 0 bridgehead atoms. The van der Waals surface area contributed by atoms with Gasteiger partial charge in [0.25, 0.3) is 0 Å². The number of nitrogens with one attached hydrogen (secondary N) is 1. The molecule has 102 valence electrons. The van der Waals surface area contributed by atoms with Crippen LogP contribution in [-0.4, -0.2) is 39.1 Å². The second-order valence-corrected chi connectivity index (χ2v) is 7.07. The molecule has 0 amide bonds. The van der Waals surface area contributed by atoms with Crippen molar-refractivity contribution in [3.05, 3.63) is 34.3 Å². The minimum absolute atomic E-state index is 0.0968. The molecule has 0 spiro atoms. The SMILES string of the molecule is Cc1ccc(CNCCS(=O)(=O)N(C)C)cc1Cl. The lowest BCUT2D eigenvalue weighted by atomic mass is 10.1. The Hall–Kier alpha value is -0.620. The van der Waals surface area contributed by atoms with E-state index in [-0.39, 0.29) is 5.75 Å². The Morgan fingerprint density at radius 3 is 2.56 bits per heavy atom. The van der Waals surface area contributed by atoms with E-state index in [9.17, 15) is 8.42 Å². The molecule has 4 nitrogen and oxygen atoms in total. The molecule has 0 fully saturated rings. The topological polar surface area (TPSA) is 49.4 Å². The van der Waals surface area contributed by atoms with Crippen molar-refractivity contribution >= 4 is 21.6 Å². The van der Waals surface area contributed by atoms with E-state index in [0.717, 1.165) is 16.1 Å². The average molecular weight is 291 g/mol. The Kier molecular flexibility index (Phi) is 5.59. The van der Waals surface area contributed by atoms with Crippen molar-refractivity contribution in [1.29, 1.82) is 0 Å². The second kappa shape index (κ2) is 6.52. The third-order valence-electron chi connectivity index (χ3n) is 2.66. The Morgan fingerprint density at radius 1 is 1.33 bits per heavy atom. The molecule has 0 unspecified atom stereocenters. The first-order valence-electron chi connectivity index (χ1n) is 5.69. The maximum absolute atomic E-state index is 11.5. The molecule has 0 aliphatic rings. The van der Waals surface area contributed by atoms with Crippen molar-refractivity contribution in [3.8, 4) is 0 Å². The lowest BCUT2D eigenvalue weighted by Gasteiger charge is -2.11. The lowest BCUT2D eigenvalue weighted by molar-refractivity contribution is 0.517. The van der Waals surface area contributed by atoms with Gasteiger partial charge in [-0.2, -0.15) is 0 Å². The highest BCUT2D eigenvalue weighted by Crippen LogP contribution is 2.16. The van der Waals surface area contributed by atoms with Gasteiger partial charge in [-0.3, -0.25) is 0 Å². The van der Waals surface area contributed by atoms with Crippen LogP contribution in [0.3, 0.4) is 0 Å². The number of halogens is 1. The molecule has 0 saturated heterocycles. The van der Waals surface area contributed by atoms with Gasteiger partial charge in [0.15, 0.2) is 0 Å². The summed E-state index contributed by atoms with van der Waals surface area (Å²) < 4.78 is 24.2. The van der Waals surface area contributed by atoms with Crippen LogP contribution < -0.4 is 5.32 Å². The van der Waals surface area contributed by atoms with Gasteiger partial charge in [0, 0.05) is 32.2 Å². The molecule has 0 aliphatic heterocycles. The Bertz CT molecular complexity index is 501. The molecule has 0 aromatic heterocycles. The number of aryl methyl sites for hydroxylation is 1. The Balaban J connectivity index is 2.41. The number of benzene rings is 1. The highest BCUT2D eigenvalue weighted by molar-refractivity contribution is 7.89. The van der Waals surface area contributed by atoms with Gasteiger partial charge < -0.3 is 5.32 Å². The van der Waals surface area contributed by atoms with Crippen molar-refractivity contribution in [2.24, 2.45) is 0 Å². The summed E-state index contributed by atoms with van der Waals surface area (Å²) in [6.45, 7) is 2.98. The van der Waals surface area contributed by atoms with Crippen molar-refractivity contribution in [1.82, 2.24) is 9.62 Å². The Labute approximate surface area is 114 Å². The fraction of sp³-hybridized carbons (Fsp3) is 0.500. The molecule has 0 aliphatic carbocycles. The van der Waals surface area contributed by atoms with Crippen LogP contribution in [0, 0.1) is 6.92 Å². The van der Waals surface area contributed by atoms with Gasteiger partial charge in [0.2, 0.25) is 10.0 Å². The van der Waals surface area contributed by atoms with Gasteiger partial charge in [0.05, 0.1) is 5.75 Å². The fourth-order valence-corrected chi connectivity index (χ4v) is 2.33. The van der Waals surface area contributed by atoms with Crippen molar-refractivity contribution < 1.29 is 8.42 Å². The summed E-state index contributed by atoms with van der Waals surface area (Å²) in [5, 5.41) is 3.83. The van der Waals surface area contributed by atoms with E-state index in [1.165, 1.54) is 18.4 Å². The molecule has 1 aromatic rings. The third kappa shape index (κ3) is 4.57. The summed E-state index contributed by atoms with van der Waals surface area (Å²) >= 11 is 6.01. The molecule has 1 aromatic carbocycles. The number of nitrogens with zero attached hydrogens (tertiary/aromatic N) is 1. The standard InChI is InChI=1S/C12H19ClN2O2S/c1-10-4-5-11(8-12(10)13)9-14-6-7-18(16,17)15(2)3/h4-5,8,14H,6-7,9H2,1-3H3. The summed E-state index contributed by atoms with van der Waals surface area (Å²) in [5.41, 5.74) is 2.09. The molecule has 0 radical (unpaired) electrons. The van der Waals surface area contributed by atoms with Gasteiger partial charge in [-0.05, 0) is 24.1 Å². The number of sulfonamides is 1. The summed E-state index contributed by atoms with van der Waals surface area (Å²) in [5.74, 6) is 0.0968. The van der Waals surface area contributed by atoms with E-state index in [1.807, 2.05) is 25.1 Å². The predicted molar refractivity (Wildman–Crippen MR) is 75.4 cm³/mol. The van der Waals surface area contributed by atoms with E-state index in [2.05, 4.69) is 5.32 Å². The first-order valence-corrected chi connectivity index (χ1v) is 7.67. The summed E-state index contributed by atoms with van der Waals surface area (Å²) in [7, 11) is -0.0492. The Morgan fingerprint density at radius 2 is 2.00 bits per heavy atom. The van der Waals surface area contributed by atoms with Gasteiger partial charge in [0.1, 0.15) is 0 Å². The fourth-order valence-electron chi connectivity index (χ4n) is 1.36. The average Bonchev–Trinajstić information content (AvgIpc) is 2.29. The maximum Gasteiger partial charge on any atom is 0.214 e. The number of hydrogen-bond acceptors (Lipinski definition) is 3. The molecular weight excluding hydrogens is 272 g/mol. The van der Waals surface area contributed by atoms with Gasteiger partial charge in [-0.15, -0.1) is 0 Å². The van der Waals surface area contributed by atoms with E-state index in [4.69, 9.17) is 11.6 Å². The number of rotatable bonds is 6.